The second kappa shape index (κ2) is 5.25. The van der Waals surface area contributed by atoms with Gasteiger partial charge in [0.1, 0.15) is 5.82 Å². The third-order valence-corrected chi connectivity index (χ3v) is 3.33. The van der Waals surface area contributed by atoms with Gasteiger partial charge in [-0.3, -0.25) is 4.68 Å². The molecule has 18 heavy (non-hydrogen) atoms. The van der Waals surface area contributed by atoms with Crippen LogP contribution in [0.25, 0.3) is 11.3 Å². The van der Waals surface area contributed by atoms with Crippen LogP contribution in [0.15, 0.2) is 24.3 Å². The molecule has 0 amide bonds. The van der Waals surface area contributed by atoms with Gasteiger partial charge in [0.15, 0.2) is 0 Å². The number of aromatic nitrogens is 2. The van der Waals surface area contributed by atoms with Crippen molar-refractivity contribution >= 4 is 5.82 Å². The molecule has 0 saturated carbocycles. The number of anilines is 1. The highest BCUT2D eigenvalue weighted by Gasteiger charge is 2.14. The molecule has 0 fully saturated rings. The van der Waals surface area contributed by atoms with Crippen molar-refractivity contribution in [2.24, 2.45) is 7.05 Å². The number of nitrogens with zero attached hydrogens (tertiary/aromatic N) is 2. The highest BCUT2D eigenvalue weighted by atomic mass is 15.3. The van der Waals surface area contributed by atoms with Crippen LogP contribution in [0.3, 0.4) is 0 Å². The molecule has 0 unspecified atom stereocenters. The largest absolute Gasteiger partial charge is 0.384 e. The van der Waals surface area contributed by atoms with Gasteiger partial charge in [-0.05, 0) is 18.4 Å². The van der Waals surface area contributed by atoms with Gasteiger partial charge in [0, 0.05) is 18.2 Å². The Hall–Kier alpha value is -1.77. The summed E-state index contributed by atoms with van der Waals surface area (Å²) in [5.41, 5.74) is 10.8. The minimum Gasteiger partial charge on any atom is -0.384 e. The van der Waals surface area contributed by atoms with E-state index in [1.807, 2.05) is 7.05 Å². The first-order valence-corrected chi connectivity index (χ1v) is 6.58. The third kappa shape index (κ3) is 2.26. The number of hydrogen-bond donors (Lipinski definition) is 1. The number of rotatable bonds is 4. The Morgan fingerprint density at radius 3 is 2.39 bits per heavy atom. The predicted molar refractivity (Wildman–Crippen MR) is 76.4 cm³/mol. The lowest BCUT2D eigenvalue weighted by atomic mass is 10.0. The van der Waals surface area contributed by atoms with Crippen LogP contribution in [0, 0.1) is 0 Å². The number of nitrogens with two attached hydrogens (primary N) is 1. The predicted octanol–water partition coefficient (Wildman–Crippen LogP) is 3.18. The van der Waals surface area contributed by atoms with Gasteiger partial charge in [0.05, 0.1) is 5.69 Å². The second-order valence-corrected chi connectivity index (χ2v) is 4.64. The maximum absolute atomic E-state index is 6.08. The second-order valence-electron chi connectivity index (χ2n) is 4.64. The van der Waals surface area contributed by atoms with Crippen LogP contribution in [0.1, 0.15) is 31.4 Å². The molecule has 0 aliphatic heterocycles. The molecule has 96 valence electrons. The lowest BCUT2D eigenvalue weighted by Crippen LogP contribution is -1.99. The summed E-state index contributed by atoms with van der Waals surface area (Å²) in [6.45, 7) is 4.33. The van der Waals surface area contributed by atoms with Gasteiger partial charge < -0.3 is 5.73 Å². The maximum atomic E-state index is 6.08. The summed E-state index contributed by atoms with van der Waals surface area (Å²) in [6, 6.07) is 8.60. The Morgan fingerprint density at radius 2 is 1.83 bits per heavy atom. The lowest BCUT2D eigenvalue weighted by Gasteiger charge is -2.03. The zero-order valence-electron chi connectivity index (χ0n) is 11.4. The molecule has 0 radical (unpaired) electrons. The van der Waals surface area contributed by atoms with E-state index in [0.717, 1.165) is 36.3 Å². The van der Waals surface area contributed by atoms with Gasteiger partial charge in [-0.2, -0.15) is 5.10 Å². The Morgan fingerprint density at radius 1 is 1.17 bits per heavy atom. The summed E-state index contributed by atoms with van der Waals surface area (Å²) < 4.78 is 1.77. The topological polar surface area (TPSA) is 43.8 Å². The molecular formula is C15H21N3. The van der Waals surface area contributed by atoms with E-state index in [1.165, 1.54) is 11.1 Å². The van der Waals surface area contributed by atoms with Crippen molar-refractivity contribution in [3.05, 3.63) is 35.4 Å². The number of benzene rings is 1. The van der Waals surface area contributed by atoms with Crippen molar-refractivity contribution in [3.8, 4) is 11.3 Å². The molecule has 1 heterocycles. The zero-order valence-corrected chi connectivity index (χ0v) is 11.4. The molecule has 0 saturated heterocycles. The fraction of sp³-hybridized carbons (Fsp3) is 0.400. The van der Waals surface area contributed by atoms with Crippen molar-refractivity contribution in [3.63, 3.8) is 0 Å². The van der Waals surface area contributed by atoms with Crippen LogP contribution in [0.2, 0.25) is 0 Å². The summed E-state index contributed by atoms with van der Waals surface area (Å²) >= 11 is 0. The number of nitrogen functional groups attached to an aromatic ring is 1. The molecular weight excluding hydrogens is 222 g/mol. The highest BCUT2D eigenvalue weighted by Crippen LogP contribution is 2.28. The standard InChI is InChI=1S/C15H21N3/c1-4-6-13-14(17-18(3)15(13)16)12-9-7-11(5-2)8-10-12/h7-10H,4-6,16H2,1-3H3. The molecule has 0 spiro atoms. The molecule has 3 heteroatoms. The van der Waals surface area contributed by atoms with E-state index in [9.17, 15) is 0 Å². The normalized spacial score (nSPS) is 10.8. The van der Waals surface area contributed by atoms with Crippen LogP contribution >= 0.6 is 0 Å². The minimum atomic E-state index is 0.784. The molecule has 0 bridgehead atoms. The van der Waals surface area contributed by atoms with E-state index in [4.69, 9.17) is 5.73 Å². The Bertz CT molecular complexity index is 523. The Kier molecular flexibility index (Phi) is 3.70. The van der Waals surface area contributed by atoms with Gasteiger partial charge in [-0.25, -0.2) is 0 Å². The van der Waals surface area contributed by atoms with Gasteiger partial charge in [-0.15, -0.1) is 0 Å². The fourth-order valence-corrected chi connectivity index (χ4v) is 2.21. The first-order chi connectivity index (χ1) is 8.67. The third-order valence-electron chi connectivity index (χ3n) is 3.33. The monoisotopic (exact) mass is 243 g/mol. The Balaban J connectivity index is 2.45. The molecule has 0 aliphatic carbocycles. The van der Waals surface area contributed by atoms with Crippen molar-refractivity contribution in [2.75, 3.05) is 5.73 Å². The van der Waals surface area contributed by atoms with Crippen LogP contribution in [-0.4, -0.2) is 9.78 Å². The minimum absolute atomic E-state index is 0.784. The molecule has 2 rings (SSSR count). The van der Waals surface area contributed by atoms with E-state index in [1.54, 1.807) is 4.68 Å². The molecule has 0 aliphatic rings. The van der Waals surface area contributed by atoms with E-state index in [-0.39, 0.29) is 0 Å². The van der Waals surface area contributed by atoms with Gasteiger partial charge in [0.25, 0.3) is 0 Å². The van der Waals surface area contributed by atoms with Crippen molar-refractivity contribution in [1.29, 1.82) is 0 Å². The summed E-state index contributed by atoms with van der Waals surface area (Å²) in [6.07, 6.45) is 3.12. The van der Waals surface area contributed by atoms with Crippen molar-refractivity contribution in [1.82, 2.24) is 9.78 Å². The van der Waals surface area contributed by atoms with Crippen LogP contribution < -0.4 is 5.73 Å². The van der Waals surface area contributed by atoms with E-state index in [0.29, 0.717) is 0 Å². The van der Waals surface area contributed by atoms with Gasteiger partial charge in [0.2, 0.25) is 0 Å². The SMILES string of the molecule is CCCc1c(-c2ccc(CC)cc2)nn(C)c1N. The van der Waals surface area contributed by atoms with Crippen LogP contribution in [-0.2, 0) is 19.9 Å². The first kappa shape index (κ1) is 12.7. The molecule has 0 atom stereocenters. The molecule has 2 N–H and O–H groups in total. The van der Waals surface area contributed by atoms with Gasteiger partial charge in [-0.1, -0.05) is 44.5 Å². The molecule has 1 aromatic carbocycles. The van der Waals surface area contributed by atoms with Crippen molar-refractivity contribution < 1.29 is 0 Å². The number of hydrogen-bond acceptors (Lipinski definition) is 2. The fourth-order valence-electron chi connectivity index (χ4n) is 2.21. The summed E-state index contributed by atoms with van der Waals surface area (Å²) in [5.74, 6) is 0.784. The highest BCUT2D eigenvalue weighted by molar-refractivity contribution is 5.68. The van der Waals surface area contributed by atoms with Crippen molar-refractivity contribution in [2.45, 2.75) is 33.1 Å². The van der Waals surface area contributed by atoms with E-state index in [2.05, 4.69) is 43.2 Å². The van der Waals surface area contributed by atoms with Crippen LogP contribution in [0.4, 0.5) is 5.82 Å². The molecule has 2 aromatic rings. The number of aryl methyl sites for hydroxylation is 2. The Labute approximate surface area is 109 Å². The van der Waals surface area contributed by atoms with Crippen LogP contribution in [0.5, 0.6) is 0 Å². The first-order valence-electron chi connectivity index (χ1n) is 6.58. The summed E-state index contributed by atoms with van der Waals surface area (Å²) in [5, 5.41) is 4.55. The molecule has 1 aromatic heterocycles. The molecule has 3 nitrogen and oxygen atoms in total. The zero-order chi connectivity index (χ0) is 13.1. The van der Waals surface area contributed by atoms with E-state index >= 15 is 0 Å². The smallest absolute Gasteiger partial charge is 0.125 e. The van der Waals surface area contributed by atoms with Gasteiger partial charge >= 0.3 is 0 Å². The quantitative estimate of drug-likeness (QED) is 0.896. The average molecular weight is 243 g/mol. The maximum Gasteiger partial charge on any atom is 0.125 e. The van der Waals surface area contributed by atoms with E-state index < -0.39 is 0 Å². The summed E-state index contributed by atoms with van der Waals surface area (Å²) in [4.78, 5) is 0. The summed E-state index contributed by atoms with van der Waals surface area (Å²) in [7, 11) is 1.90. The lowest BCUT2D eigenvalue weighted by molar-refractivity contribution is 0.781. The average Bonchev–Trinajstić information content (AvgIpc) is 2.68.